The van der Waals surface area contributed by atoms with Gasteiger partial charge in [0, 0.05) is 43.5 Å². The Kier molecular flexibility index (Phi) is 14.2. The topological polar surface area (TPSA) is 103 Å². The van der Waals surface area contributed by atoms with Crippen LogP contribution in [0.1, 0.15) is 67.6 Å². The third-order valence-electron chi connectivity index (χ3n) is 10.7. The van der Waals surface area contributed by atoms with E-state index in [0.29, 0.717) is 26.2 Å². The van der Waals surface area contributed by atoms with Crippen molar-refractivity contribution in [3.05, 3.63) is 127 Å². The molecule has 0 amide bonds. The number of ether oxygens (including phenoxy) is 3. The van der Waals surface area contributed by atoms with Crippen LogP contribution in [0.3, 0.4) is 0 Å². The molecule has 0 spiro atoms. The van der Waals surface area contributed by atoms with E-state index in [1.54, 1.807) is 6.08 Å². The second-order valence-electron chi connectivity index (χ2n) is 14.1. The third kappa shape index (κ3) is 9.26. The molecule has 1 fully saturated rings. The normalized spacial score (nSPS) is 25.1. The van der Waals surface area contributed by atoms with Crippen molar-refractivity contribution in [1.29, 1.82) is 0 Å². The van der Waals surface area contributed by atoms with Crippen LogP contribution in [0.2, 0.25) is 0 Å². The molecule has 1 saturated carbocycles. The van der Waals surface area contributed by atoms with Gasteiger partial charge in [0.05, 0.1) is 23.5 Å². The van der Waals surface area contributed by atoms with E-state index in [1.165, 1.54) is 5.56 Å². The smallest absolute Gasteiger partial charge is 0.230 e. The number of hydrogen-bond donors (Lipinski definition) is 2. The highest BCUT2D eigenvalue weighted by Gasteiger charge is 2.63. The predicted octanol–water partition coefficient (Wildman–Crippen LogP) is 8.46. The number of hydrogen-bond acceptors (Lipinski definition) is 9. The number of allylic oxidation sites excluding steroid dienone is 1. The minimum Gasteiger partial charge on any atom is -0.490 e. The monoisotopic (exact) mass is 738 g/mol. The summed E-state index contributed by atoms with van der Waals surface area (Å²) in [5.74, 6) is 1.69. The molecule has 9 heteroatoms. The Morgan fingerprint density at radius 2 is 1.70 bits per heavy atom. The number of oxime groups is 1. The van der Waals surface area contributed by atoms with E-state index in [0.717, 1.165) is 84.6 Å². The van der Waals surface area contributed by atoms with E-state index in [2.05, 4.69) is 54.5 Å². The number of nitrogens with zero attached hydrogens (tertiary/aromatic N) is 2. The maximum Gasteiger partial charge on any atom is 0.230 e. The zero-order valence-corrected chi connectivity index (χ0v) is 31.5. The molecule has 1 aromatic heterocycles. The van der Waals surface area contributed by atoms with Gasteiger partial charge in [0.25, 0.3) is 0 Å². The van der Waals surface area contributed by atoms with Crippen molar-refractivity contribution in [3.8, 4) is 11.5 Å². The molecule has 2 heterocycles. The van der Waals surface area contributed by atoms with E-state index < -0.39 is 5.79 Å². The molecule has 6 rings (SSSR count). The van der Waals surface area contributed by atoms with Gasteiger partial charge in [-0.1, -0.05) is 73.1 Å². The number of aliphatic hydroxyl groups excluding tert-OH is 2. The van der Waals surface area contributed by atoms with Crippen molar-refractivity contribution in [1.82, 2.24) is 4.98 Å². The number of rotatable bonds is 21. The molecule has 2 aliphatic carbocycles. The number of pyridine rings is 1. The van der Waals surface area contributed by atoms with Crippen molar-refractivity contribution >= 4 is 17.5 Å². The summed E-state index contributed by atoms with van der Waals surface area (Å²) < 4.78 is 20.4. The fraction of sp³-hybridized carbons (Fsp3) is 0.455. The molecule has 0 bridgehead atoms. The zero-order valence-electron chi connectivity index (χ0n) is 30.7. The molecule has 53 heavy (non-hydrogen) atoms. The first-order valence-corrected chi connectivity index (χ1v) is 20.1. The maximum absolute atomic E-state index is 9.86. The van der Waals surface area contributed by atoms with Gasteiger partial charge in [-0.25, -0.2) is 0 Å². The summed E-state index contributed by atoms with van der Waals surface area (Å²) in [5.41, 5.74) is 5.45. The maximum atomic E-state index is 9.86. The minimum atomic E-state index is -1.01. The molecule has 2 N–H and O–H groups in total. The summed E-state index contributed by atoms with van der Waals surface area (Å²) in [6, 6.07) is 20.4. The molecule has 6 unspecified atom stereocenters. The predicted molar refractivity (Wildman–Crippen MR) is 212 cm³/mol. The molecular weight excluding hydrogens is 685 g/mol. The Morgan fingerprint density at radius 1 is 0.925 bits per heavy atom. The van der Waals surface area contributed by atoms with Crippen molar-refractivity contribution in [2.24, 2.45) is 22.9 Å². The van der Waals surface area contributed by atoms with Gasteiger partial charge < -0.3 is 29.3 Å². The first-order valence-electron chi connectivity index (χ1n) is 19.1. The van der Waals surface area contributed by atoms with Crippen LogP contribution in [-0.4, -0.2) is 64.1 Å². The second-order valence-corrected chi connectivity index (χ2v) is 15.4. The summed E-state index contributed by atoms with van der Waals surface area (Å²) >= 11 is 1.86. The zero-order chi connectivity index (χ0) is 36.9. The van der Waals surface area contributed by atoms with E-state index in [4.69, 9.17) is 24.2 Å². The number of aryl methyl sites for hydroxylation is 1. The molecule has 1 aliphatic heterocycles. The molecule has 8 nitrogen and oxygen atoms in total. The summed E-state index contributed by atoms with van der Waals surface area (Å²) in [6.07, 6.45) is 16.3. The van der Waals surface area contributed by atoms with Gasteiger partial charge in [0.15, 0.2) is 0 Å². The van der Waals surface area contributed by atoms with Crippen molar-refractivity contribution in [2.45, 2.75) is 74.9 Å². The summed E-state index contributed by atoms with van der Waals surface area (Å²) in [4.78, 5) is 10.4. The number of aliphatic hydroxyl groups is 2. The molecule has 6 atom stereocenters. The number of benzene rings is 2. The highest BCUT2D eigenvalue weighted by Crippen LogP contribution is 2.62. The Hall–Kier alpha value is -3.89. The van der Waals surface area contributed by atoms with E-state index in [-0.39, 0.29) is 42.1 Å². The molecule has 0 radical (unpaired) electrons. The van der Waals surface area contributed by atoms with Crippen LogP contribution in [0.15, 0.2) is 115 Å². The van der Waals surface area contributed by atoms with Crippen LogP contribution >= 0.6 is 11.8 Å². The van der Waals surface area contributed by atoms with Gasteiger partial charge in [-0.15, -0.1) is 6.58 Å². The summed E-state index contributed by atoms with van der Waals surface area (Å²) in [7, 11) is 0. The van der Waals surface area contributed by atoms with Crippen LogP contribution in [0.4, 0.5) is 0 Å². The van der Waals surface area contributed by atoms with Gasteiger partial charge in [-0.2, -0.15) is 11.8 Å². The molecule has 0 saturated heterocycles. The number of thioether (sulfide) groups is 1. The van der Waals surface area contributed by atoms with Crippen molar-refractivity contribution in [2.75, 3.05) is 32.2 Å². The quantitative estimate of drug-likeness (QED) is 0.0638. The van der Waals surface area contributed by atoms with Crippen LogP contribution in [0.25, 0.3) is 0 Å². The first-order chi connectivity index (χ1) is 26.1. The molecule has 2 aromatic carbocycles. The van der Waals surface area contributed by atoms with E-state index >= 15 is 0 Å². The van der Waals surface area contributed by atoms with E-state index in [1.807, 2.05) is 60.6 Å². The highest BCUT2D eigenvalue weighted by atomic mass is 32.2. The fourth-order valence-corrected chi connectivity index (χ4v) is 9.76. The number of aromatic nitrogens is 1. The number of unbranched alkanes of at least 4 members (excludes halogenated alkanes) is 2. The SMILES string of the molecule is C=CCOc1ccc2c(c1)C1C(CCCCO)C(CCCCO)C=C3C(=NOCc4ccccc4)CC(SCCc4ccncc4)C(OCC=C)(O2)C31. The lowest BCUT2D eigenvalue weighted by Gasteiger charge is -2.58. The van der Waals surface area contributed by atoms with Gasteiger partial charge >= 0.3 is 0 Å². The van der Waals surface area contributed by atoms with Gasteiger partial charge in [0.1, 0.15) is 24.7 Å². The molecule has 3 aromatic rings. The van der Waals surface area contributed by atoms with Crippen LogP contribution in [0, 0.1) is 17.8 Å². The van der Waals surface area contributed by atoms with Crippen LogP contribution in [-0.2, 0) is 22.6 Å². The van der Waals surface area contributed by atoms with Crippen LogP contribution in [0.5, 0.6) is 11.5 Å². The van der Waals surface area contributed by atoms with E-state index in [9.17, 15) is 10.2 Å². The van der Waals surface area contributed by atoms with Gasteiger partial charge in [0.2, 0.25) is 5.79 Å². The average molecular weight is 739 g/mol. The molecule has 282 valence electrons. The Bertz CT molecular complexity index is 1680. The first kappa shape index (κ1) is 38.8. The molecular formula is C44H54N2O6S. The summed E-state index contributed by atoms with van der Waals surface area (Å²) in [6.45, 7) is 9.34. The Morgan fingerprint density at radius 3 is 2.45 bits per heavy atom. The lowest BCUT2D eigenvalue weighted by molar-refractivity contribution is -0.223. The Labute approximate surface area is 319 Å². The van der Waals surface area contributed by atoms with Gasteiger partial charge in [-0.3, -0.25) is 4.98 Å². The van der Waals surface area contributed by atoms with Gasteiger partial charge in [-0.05, 0) is 96.7 Å². The van der Waals surface area contributed by atoms with Crippen LogP contribution < -0.4 is 9.47 Å². The third-order valence-corrected chi connectivity index (χ3v) is 12.0. The lowest BCUT2D eigenvalue weighted by Crippen LogP contribution is -2.64. The lowest BCUT2D eigenvalue weighted by atomic mass is 9.56. The standard InChI is InChI=1S/C44H54N2O6S/c1-3-25-49-35-16-17-40-38(29-35)42-36(15-9-11-24-48)34(14-8-10-23-47)28-37-39(46-51-31-33-12-6-5-7-13-33)30-41(44(52-40,43(37)42)50-26-4-2)53-27-20-32-18-21-45-22-19-32/h3-7,12-13,16-19,21-22,28-29,34,36,41-43,47-48H,1-2,8-11,14-15,20,23-27,30-31H2. The molecule has 3 aliphatic rings. The summed E-state index contributed by atoms with van der Waals surface area (Å²) in [5, 5.41) is 24.5. The van der Waals surface area contributed by atoms with Crippen molar-refractivity contribution < 1.29 is 29.3 Å². The fourth-order valence-electron chi connectivity index (χ4n) is 8.35. The average Bonchev–Trinajstić information content (AvgIpc) is 3.19. The largest absolute Gasteiger partial charge is 0.490 e. The number of fused-ring (bicyclic) bond motifs is 2. The minimum absolute atomic E-state index is 0.0107. The highest BCUT2D eigenvalue weighted by molar-refractivity contribution is 8.00. The Balaban J connectivity index is 1.49. The van der Waals surface area contributed by atoms with Crippen molar-refractivity contribution in [3.63, 3.8) is 0 Å². The second kappa shape index (κ2) is 19.4.